The maximum absolute atomic E-state index is 10.6. The number of carboxylic acids is 1. The summed E-state index contributed by atoms with van der Waals surface area (Å²) in [4.78, 5) is 10.6. The molecule has 1 aliphatic carbocycles. The number of allylic oxidation sites excluding steroid dienone is 1. The van der Waals surface area contributed by atoms with Crippen molar-refractivity contribution in [1.29, 1.82) is 0 Å². The Morgan fingerprint density at radius 1 is 1.57 bits per heavy atom. The fourth-order valence-electron chi connectivity index (χ4n) is 1.70. The topological polar surface area (TPSA) is 77.8 Å². The minimum atomic E-state index is -1.08. The van der Waals surface area contributed by atoms with Crippen LogP contribution < -0.4 is 0 Å². The van der Waals surface area contributed by atoms with Crippen LogP contribution in [0.5, 0.6) is 0 Å². The maximum Gasteiger partial charge on any atom is 0.333 e. The van der Waals surface area contributed by atoms with Gasteiger partial charge in [-0.05, 0) is 32.6 Å². The van der Waals surface area contributed by atoms with Crippen LogP contribution in [-0.4, -0.2) is 33.0 Å². The quantitative estimate of drug-likeness (QED) is 0.608. The number of carbonyl (C=O) groups is 1. The Hall–Kier alpha value is -0.870. The molecule has 1 rings (SSSR count). The van der Waals surface area contributed by atoms with Crippen LogP contribution >= 0.6 is 0 Å². The molecule has 80 valence electrons. The molecule has 0 saturated heterocycles. The number of aliphatic hydroxyl groups excluding tert-OH is 1. The van der Waals surface area contributed by atoms with Gasteiger partial charge >= 0.3 is 5.97 Å². The van der Waals surface area contributed by atoms with Gasteiger partial charge in [-0.1, -0.05) is 6.08 Å². The zero-order chi connectivity index (χ0) is 10.9. The lowest BCUT2D eigenvalue weighted by Gasteiger charge is -2.33. The summed E-state index contributed by atoms with van der Waals surface area (Å²) in [7, 11) is 0. The fraction of sp³-hybridized carbons (Fsp3) is 0.700. The van der Waals surface area contributed by atoms with Gasteiger partial charge < -0.3 is 15.3 Å². The second-order valence-corrected chi connectivity index (χ2v) is 4.30. The van der Waals surface area contributed by atoms with Gasteiger partial charge in [0.25, 0.3) is 0 Å². The molecular formula is C10H16O4. The van der Waals surface area contributed by atoms with E-state index in [1.165, 1.54) is 6.08 Å². The average molecular weight is 200 g/mol. The highest BCUT2D eigenvalue weighted by molar-refractivity contribution is 5.87. The van der Waals surface area contributed by atoms with E-state index >= 15 is 0 Å². The Kier molecular flexibility index (Phi) is 2.97. The molecule has 0 aromatic rings. The van der Waals surface area contributed by atoms with Crippen LogP contribution in [-0.2, 0) is 4.79 Å². The Balaban J connectivity index is 2.77. The Labute approximate surface area is 82.9 Å². The van der Waals surface area contributed by atoms with Gasteiger partial charge in [0.1, 0.15) is 0 Å². The van der Waals surface area contributed by atoms with Gasteiger partial charge in [0, 0.05) is 0 Å². The van der Waals surface area contributed by atoms with Crippen molar-refractivity contribution in [2.45, 2.75) is 38.4 Å². The van der Waals surface area contributed by atoms with Crippen molar-refractivity contribution in [3.05, 3.63) is 11.6 Å². The number of hydrogen-bond acceptors (Lipinski definition) is 3. The second kappa shape index (κ2) is 3.71. The molecule has 14 heavy (non-hydrogen) atoms. The standard InChI is InChI=1S/C10H16O4/c1-10(2,14)6-3-4-7(9(12)13)8(11)5-6/h4,6,8,11,14H,3,5H2,1-2H3,(H,12,13). The largest absolute Gasteiger partial charge is 0.478 e. The third kappa shape index (κ3) is 2.33. The molecule has 0 aromatic carbocycles. The van der Waals surface area contributed by atoms with Crippen molar-refractivity contribution in [2.24, 2.45) is 5.92 Å². The van der Waals surface area contributed by atoms with E-state index in [1.807, 2.05) is 0 Å². The molecule has 0 fully saturated rings. The average Bonchev–Trinajstić information content (AvgIpc) is 2.01. The normalized spacial score (nSPS) is 28.4. The number of rotatable bonds is 2. The first-order valence-corrected chi connectivity index (χ1v) is 4.66. The minimum Gasteiger partial charge on any atom is -0.478 e. The van der Waals surface area contributed by atoms with Gasteiger partial charge in [0.15, 0.2) is 0 Å². The highest BCUT2D eigenvalue weighted by Gasteiger charge is 2.34. The summed E-state index contributed by atoms with van der Waals surface area (Å²) < 4.78 is 0. The van der Waals surface area contributed by atoms with E-state index in [0.29, 0.717) is 12.8 Å². The predicted octanol–water partition coefficient (Wildman–Crippen LogP) is 0.539. The summed E-state index contributed by atoms with van der Waals surface area (Å²) in [5.74, 6) is -1.16. The van der Waals surface area contributed by atoms with E-state index in [1.54, 1.807) is 13.8 Å². The SMILES string of the molecule is CC(C)(O)C1CC=C(C(=O)O)C(O)C1. The zero-order valence-corrected chi connectivity index (χ0v) is 8.40. The van der Waals surface area contributed by atoms with Crippen molar-refractivity contribution in [1.82, 2.24) is 0 Å². The Morgan fingerprint density at radius 2 is 2.14 bits per heavy atom. The monoisotopic (exact) mass is 200 g/mol. The van der Waals surface area contributed by atoms with Crippen molar-refractivity contribution in [3.8, 4) is 0 Å². The number of hydrogen-bond donors (Lipinski definition) is 3. The molecule has 2 atom stereocenters. The van der Waals surface area contributed by atoms with Crippen LogP contribution in [0.25, 0.3) is 0 Å². The van der Waals surface area contributed by atoms with E-state index < -0.39 is 17.7 Å². The van der Waals surface area contributed by atoms with E-state index in [0.717, 1.165) is 0 Å². The molecule has 0 radical (unpaired) electrons. The summed E-state index contributed by atoms with van der Waals surface area (Å²) >= 11 is 0. The number of carboxylic acid groups (broad SMARTS) is 1. The van der Waals surface area contributed by atoms with Crippen molar-refractivity contribution < 1.29 is 20.1 Å². The summed E-state index contributed by atoms with van der Waals surface area (Å²) in [6.07, 6.45) is 1.35. The molecule has 3 N–H and O–H groups in total. The smallest absolute Gasteiger partial charge is 0.333 e. The first kappa shape index (κ1) is 11.2. The molecule has 0 amide bonds. The lowest BCUT2D eigenvalue weighted by Crippen LogP contribution is -2.37. The third-order valence-electron chi connectivity index (χ3n) is 2.74. The van der Waals surface area contributed by atoms with E-state index in [4.69, 9.17) is 5.11 Å². The third-order valence-corrected chi connectivity index (χ3v) is 2.74. The van der Waals surface area contributed by atoms with Crippen LogP contribution in [0, 0.1) is 5.92 Å². The highest BCUT2D eigenvalue weighted by atomic mass is 16.4. The van der Waals surface area contributed by atoms with Gasteiger partial charge in [0.2, 0.25) is 0 Å². The maximum atomic E-state index is 10.6. The van der Waals surface area contributed by atoms with Crippen LogP contribution in [0.2, 0.25) is 0 Å². The molecule has 0 aliphatic heterocycles. The minimum absolute atomic E-state index is 0.0468. The first-order chi connectivity index (χ1) is 6.32. The Bertz CT molecular complexity index is 262. The second-order valence-electron chi connectivity index (χ2n) is 4.30. The zero-order valence-electron chi connectivity index (χ0n) is 8.40. The van der Waals surface area contributed by atoms with Crippen LogP contribution in [0.3, 0.4) is 0 Å². The fourth-order valence-corrected chi connectivity index (χ4v) is 1.70. The first-order valence-electron chi connectivity index (χ1n) is 4.66. The molecular weight excluding hydrogens is 184 g/mol. The summed E-state index contributed by atoms with van der Waals surface area (Å²) in [6, 6.07) is 0. The molecule has 2 unspecified atom stereocenters. The van der Waals surface area contributed by atoms with E-state index in [9.17, 15) is 15.0 Å². The molecule has 0 bridgehead atoms. The van der Waals surface area contributed by atoms with E-state index in [2.05, 4.69) is 0 Å². The Morgan fingerprint density at radius 3 is 2.50 bits per heavy atom. The summed E-state index contributed by atoms with van der Waals surface area (Å²) in [5, 5.41) is 27.9. The van der Waals surface area contributed by atoms with Crippen LogP contribution in [0.15, 0.2) is 11.6 Å². The predicted molar refractivity (Wildman–Crippen MR) is 50.7 cm³/mol. The van der Waals surface area contributed by atoms with Crippen LogP contribution in [0.1, 0.15) is 26.7 Å². The summed E-state index contributed by atoms with van der Waals surface area (Å²) in [5.41, 5.74) is -0.827. The highest BCUT2D eigenvalue weighted by Crippen LogP contribution is 2.31. The molecule has 0 aromatic heterocycles. The van der Waals surface area contributed by atoms with Crippen molar-refractivity contribution >= 4 is 5.97 Å². The number of aliphatic hydroxyl groups is 2. The molecule has 4 heteroatoms. The molecule has 1 aliphatic rings. The molecule has 0 heterocycles. The lowest BCUT2D eigenvalue weighted by molar-refractivity contribution is -0.134. The van der Waals surface area contributed by atoms with Gasteiger partial charge in [-0.2, -0.15) is 0 Å². The van der Waals surface area contributed by atoms with Gasteiger partial charge in [-0.15, -0.1) is 0 Å². The molecule has 0 saturated carbocycles. The summed E-state index contributed by atoms with van der Waals surface area (Å²) in [6.45, 7) is 3.34. The number of aliphatic carboxylic acids is 1. The lowest BCUT2D eigenvalue weighted by atomic mass is 9.78. The van der Waals surface area contributed by atoms with E-state index in [-0.39, 0.29) is 11.5 Å². The molecule has 4 nitrogen and oxygen atoms in total. The van der Waals surface area contributed by atoms with Crippen molar-refractivity contribution in [2.75, 3.05) is 0 Å². The molecule has 0 spiro atoms. The van der Waals surface area contributed by atoms with Gasteiger partial charge in [0.05, 0.1) is 17.3 Å². The van der Waals surface area contributed by atoms with Crippen molar-refractivity contribution in [3.63, 3.8) is 0 Å². The van der Waals surface area contributed by atoms with Gasteiger partial charge in [-0.25, -0.2) is 4.79 Å². The van der Waals surface area contributed by atoms with Crippen LogP contribution in [0.4, 0.5) is 0 Å². The van der Waals surface area contributed by atoms with Gasteiger partial charge in [-0.3, -0.25) is 0 Å².